The number of para-hydroxylation sites is 4. The van der Waals surface area contributed by atoms with E-state index in [1.807, 2.05) is 24.3 Å². The third-order valence-electron chi connectivity index (χ3n) is 16.7. The molecule has 8 heteroatoms. The molecule has 0 aliphatic rings. The second-order valence-corrected chi connectivity index (χ2v) is 22.0. The predicted octanol–water partition coefficient (Wildman–Crippen LogP) is 18.9. The Morgan fingerprint density at radius 1 is 0.274 bits per heavy atom. The van der Waals surface area contributed by atoms with Crippen molar-refractivity contribution in [2.75, 3.05) is 4.90 Å². The largest absolute Gasteiger partial charge is 0.508 e. The van der Waals surface area contributed by atoms with Gasteiger partial charge in [0.05, 0.1) is 38.8 Å². The molecule has 3 heterocycles. The smallest absolute Gasteiger partial charge is 0.121 e. The summed E-state index contributed by atoms with van der Waals surface area (Å²) in [6, 6.07) is 92.6. The van der Waals surface area contributed by atoms with E-state index in [1.165, 1.54) is 38.7 Å². The molecule has 0 saturated heterocycles. The summed E-state index contributed by atoms with van der Waals surface area (Å²) in [6.07, 6.45) is 0. The Morgan fingerprint density at radius 2 is 0.571 bits per heavy atom. The lowest BCUT2D eigenvalue weighted by Crippen LogP contribution is -2.25. The van der Waals surface area contributed by atoms with Crippen LogP contribution in [0.2, 0.25) is 0 Å². The minimum atomic E-state index is -0.488. The first-order valence-electron chi connectivity index (χ1n) is 28.2. The first kappa shape index (κ1) is 51.2. The van der Waals surface area contributed by atoms with Crippen molar-refractivity contribution in [1.82, 2.24) is 13.7 Å². The van der Waals surface area contributed by atoms with Gasteiger partial charge < -0.3 is 39.0 Å². The molecule has 0 aliphatic heterocycles. The van der Waals surface area contributed by atoms with E-state index in [4.69, 9.17) is 0 Å². The summed E-state index contributed by atoms with van der Waals surface area (Å²) in [6.45, 7) is 6.38. The molecule has 4 N–H and O–H groups in total. The molecule has 0 aliphatic carbocycles. The Morgan fingerprint density at radius 3 is 0.929 bits per heavy atom. The van der Waals surface area contributed by atoms with Gasteiger partial charge in [-0.15, -0.1) is 0 Å². The van der Waals surface area contributed by atoms with Crippen LogP contribution in [0.4, 0.5) is 17.1 Å². The quantitative estimate of drug-likeness (QED) is 0.108. The summed E-state index contributed by atoms with van der Waals surface area (Å²) >= 11 is 0. The zero-order chi connectivity index (χ0) is 57.2. The number of phenolic OH excluding ortho intramolecular Hbond substituents is 4. The van der Waals surface area contributed by atoms with Gasteiger partial charge in [0.2, 0.25) is 0 Å². The highest BCUT2D eigenvalue weighted by molar-refractivity contribution is 6.14. The Bertz CT molecular complexity index is 4570. The molecule has 0 saturated carbocycles. The number of aromatic nitrogens is 3. The van der Waals surface area contributed by atoms with Crippen molar-refractivity contribution in [3.63, 3.8) is 0 Å². The van der Waals surface area contributed by atoms with Gasteiger partial charge >= 0.3 is 0 Å². The maximum absolute atomic E-state index is 10.5. The molecular weight excluding hydrogens is 1030 g/mol. The van der Waals surface area contributed by atoms with Crippen LogP contribution in [0, 0.1) is 13.8 Å². The number of hydrogen-bond acceptors (Lipinski definition) is 5. The van der Waals surface area contributed by atoms with Gasteiger partial charge in [0.25, 0.3) is 0 Å². The summed E-state index contributed by atoms with van der Waals surface area (Å²) in [7, 11) is 0. The Hall–Kier alpha value is -11.0. The van der Waals surface area contributed by atoms with Crippen molar-refractivity contribution in [3.8, 4) is 40.1 Å². The number of rotatable bonds is 9. The average molecular weight is 1090 g/mol. The molecule has 0 bridgehead atoms. The molecule has 3 aromatic heterocycles. The summed E-state index contributed by atoms with van der Waals surface area (Å²) < 4.78 is 6.80. The first-order valence-corrected chi connectivity index (χ1v) is 28.2. The molecular formula is C76H58N4O4. The van der Waals surface area contributed by atoms with Gasteiger partial charge in [0, 0.05) is 84.4 Å². The van der Waals surface area contributed by atoms with Crippen LogP contribution in [0.1, 0.15) is 34.7 Å². The zero-order valence-electron chi connectivity index (χ0n) is 46.6. The zero-order valence-corrected chi connectivity index (χ0v) is 46.6. The maximum Gasteiger partial charge on any atom is 0.121 e. The second-order valence-electron chi connectivity index (χ2n) is 22.0. The van der Waals surface area contributed by atoms with Crippen molar-refractivity contribution in [3.05, 3.63) is 301 Å². The fraction of sp³-hybridized carbons (Fsp3) is 0.0526. The molecule has 12 aromatic carbocycles. The molecule has 15 aromatic rings. The van der Waals surface area contributed by atoms with E-state index in [1.54, 1.807) is 36.4 Å². The molecule has 406 valence electrons. The third kappa shape index (κ3) is 8.80. The van der Waals surface area contributed by atoms with Gasteiger partial charge in [-0.3, -0.25) is 0 Å². The second kappa shape index (κ2) is 20.5. The van der Waals surface area contributed by atoms with Crippen LogP contribution in [0.3, 0.4) is 0 Å². The highest BCUT2D eigenvalue weighted by Crippen LogP contribution is 2.44. The minimum Gasteiger partial charge on any atom is -0.508 e. The van der Waals surface area contributed by atoms with E-state index in [0.29, 0.717) is 5.69 Å². The third-order valence-corrected chi connectivity index (χ3v) is 16.7. The van der Waals surface area contributed by atoms with E-state index < -0.39 is 5.41 Å². The van der Waals surface area contributed by atoms with Crippen LogP contribution in [0.15, 0.2) is 273 Å². The number of benzene rings is 12. The van der Waals surface area contributed by atoms with Gasteiger partial charge in [0.15, 0.2) is 0 Å². The lowest BCUT2D eigenvalue weighted by molar-refractivity contribution is 0.450. The highest BCUT2D eigenvalue weighted by atomic mass is 16.3. The number of fused-ring (bicyclic) bond motifs is 9. The van der Waals surface area contributed by atoms with Gasteiger partial charge in [-0.05, 0) is 159 Å². The number of phenols is 4. The molecule has 0 spiro atoms. The summed E-state index contributed by atoms with van der Waals surface area (Å²) in [5.74, 6) is 0.496. The normalized spacial score (nSPS) is 11.7. The van der Waals surface area contributed by atoms with Crippen LogP contribution in [-0.2, 0) is 5.41 Å². The number of aromatic hydroxyl groups is 4. The van der Waals surface area contributed by atoms with E-state index in [-0.39, 0.29) is 23.0 Å². The van der Waals surface area contributed by atoms with E-state index in [0.717, 1.165) is 89.0 Å². The van der Waals surface area contributed by atoms with Gasteiger partial charge in [0.1, 0.15) is 23.0 Å². The van der Waals surface area contributed by atoms with Crippen molar-refractivity contribution < 1.29 is 20.4 Å². The van der Waals surface area contributed by atoms with Crippen LogP contribution < -0.4 is 4.90 Å². The molecule has 0 unspecified atom stereocenters. The first-order chi connectivity index (χ1) is 41.0. The minimum absolute atomic E-state index is 0.0128. The number of aryl methyl sites for hydroxylation is 2. The molecule has 0 amide bonds. The average Bonchev–Trinajstić information content (AvgIpc) is 2.66. The molecule has 84 heavy (non-hydrogen) atoms. The van der Waals surface area contributed by atoms with Crippen molar-refractivity contribution >= 4 is 82.5 Å². The summed E-state index contributed by atoms with van der Waals surface area (Å²) in [5, 5.41) is 47.8. The Balaban J connectivity index is 0.000000154. The topological polar surface area (TPSA) is 99.0 Å². The van der Waals surface area contributed by atoms with Gasteiger partial charge in [-0.25, -0.2) is 0 Å². The number of nitrogens with zero attached hydrogens (tertiary/aromatic N) is 4. The number of anilines is 3. The molecule has 0 radical (unpaired) electrons. The molecule has 0 fully saturated rings. The standard InChI is InChI=1S/C42H27N3O2.C34H31NO2/c46-29-21-28(22-30(47)25-29)45-41-19-17-26(43-37-13-5-1-9-31(37)32-10-2-6-14-38(32)43)23-35(41)36-24-27(18-20-42(36)45)44-39-15-7-3-11-33(39)34-12-4-8-16-40(34)44;1-24-4-14-29(15-5-24)35(30-16-6-25(2)7-17-30)31-18-8-26(9-19-31)34(3,27-10-20-32(36)21-11-27)28-12-22-33(37)23-13-28/h1-25,46-47H;4-23,36-37H,1-3H3. The molecule has 0 atom stereocenters. The summed E-state index contributed by atoms with van der Waals surface area (Å²) in [4.78, 5) is 2.26. The fourth-order valence-electron chi connectivity index (χ4n) is 12.5. The van der Waals surface area contributed by atoms with Crippen LogP contribution >= 0.6 is 0 Å². The SMILES string of the molecule is Cc1ccc(N(c2ccc(C)cc2)c2ccc(C(C)(c3ccc(O)cc3)c3ccc(O)cc3)cc2)cc1.Oc1cc(O)cc(-n2c3ccc(-n4c5ccccc5c5ccccc54)cc3c3cc(-n4c5ccccc5c5ccccc54)ccc32)c1. The van der Waals surface area contributed by atoms with Crippen molar-refractivity contribution in [1.29, 1.82) is 0 Å². The van der Waals surface area contributed by atoms with Crippen LogP contribution in [-0.4, -0.2) is 34.1 Å². The maximum atomic E-state index is 10.5. The van der Waals surface area contributed by atoms with Crippen molar-refractivity contribution in [2.45, 2.75) is 26.2 Å². The Labute approximate surface area is 486 Å². The highest BCUT2D eigenvalue weighted by Gasteiger charge is 2.32. The van der Waals surface area contributed by atoms with Crippen LogP contribution in [0.25, 0.3) is 82.5 Å². The van der Waals surface area contributed by atoms with E-state index in [2.05, 4.69) is 246 Å². The fourth-order valence-corrected chi connectivity index (χ4v) is 12.5. The van der Waals surface area contributed by atoms with Gasteiger partial charge in [-0.2, -0.15) is 0 Å². The van der Waals surface area contributed by atoms with Crippen molar-refractivity contribution in [2.24, 2.45) is 0 Å². The predicted molar refractivity (Wildman–Crippen MR) is 345 cm³/mol. The van der Waals surface area contributed by atoms with E-state index >= 15 is 0 Å². The molecule has 15 rings (SSSR count). The van der Waals surface area contributed by atoms with E-state index in [9.17, 15) is 20.4 Å². The van der Waals surface area contributed by atoms with Gasteiger partial charge in [-0.1, -0.05) is 145 Å². The Kier molecular flexibility index (Phi) is 12.5. The van der Waals surface area contributed by atoms with Crippen LogP contribution in [0.5, 0.6) is 23.0 Å². The lowest BCUT2D eigenvalue weighted by atomic mass is 9.71. The summed E-state index contributed by atoms with van der Waals surface area (Å²) in [5.41, 5.74) is 17.8. The molecule has 8 nitrogen and oxygen atoms in total. The number of hydrogen-bond donors (Lipinski definition) is 4. The lowest BCUT2D eigenvalue weighted by Gasteiger charge is -2.33. The monoisotopic (exact) mass is 1090 g/mol.